The Kier molecular flexibility index (Phi) is 4.48. The Morgan fingerprint density at radius 1 is 1.14 bits per heavy atom. The predicted octanol–water partition coefficient (Wildman–Crippen LogP) is 2.67. The standard InChI is InChI=1S/C13H14BrN3O3S/c1-8-4-10(20-3)5-9(2)13(8)21(18,19)17-12-7-15-11(14)6-16-12/h4-7H,1-3H3,(H,16,17). The summed E-state index contributed by atoms with van der Waals surface area (Å²) in [5.74, 6) is 0.778. The molecule has 2 rings (SSSR count). The zero-order valence-electron chi connectivity index (χ0n) is 11.7. The fraction of sp³-hybridized carbons (Fsp3) is 0.231. The number of nitrogens with one attached hydrogen (secondary N) is 1. The number of hydrogen-bond donors (Lipinski definition) is 1. The van der Waals surface area contributed by atoms with Gasteiger partial charge in [-0.3, -0.25) is 4.72 Å². The largest absolute Gasteiger partial charge is 0.497 e. The first-order valence-corrected chi connectivity index (χ1v) is 8.26. The Bertz CT molecular complexity index is 738. The molecule has 0 saturated heterocycles. The summed E-state index contributed by atoms with van der Waals surface area (Å²) in [6.07, 6.45) is 2.77. The van der Waals surface area contributed by atoms with E-state index in [2.05, 4.69) is 30.6 Å². The average molecular weight is 372 g/mol. The van der Waals surface area contributed by atoms with Gasteiger partial charge < -0.3 is 4.74 Å². The Hall–Kier alpha value is -1.67. The average Bonchev–Trinajstić information content (AvgIpc) is 2.39. The number of rotatable bonds is 4. The Morgan fingerprint density at radius 2 is 1.76 bits per heavy atom. The van der Waals surface area contributed by atoms with Crippen molar-refractivity contribution in [3.63, 3.8) is 0 Å². The van der Waals surface area contributed by atoms with E-state index in [0.29, 0.717) is 21.5 Å². The normalized spacial score (nSPS) is 11.2. The van der Waals surface area contributed by atoms with E-state index in [1.54, 1.807) is 26.0 Å². The van der Waals surface area contributed by atoms with Crippen LogP contribution >= 0.6 is 15.9 Å². The quantitative estimate of drug-likeness (QED) is 0.893. The Balaban J connectivity index is 2.42. The molecule has 2 aromatic rings. The molecular formula is C13H14BrN3O3S. The van der Waals surface area contributed by atoms with Crippen LogP contribution < -0.4 is 9.46 Å². The van der Waals surface area contributed by atoms with Crippen molar-refractivity contribution in [1.29, 1.82) is 0 Å². The van der Waals surface area contributed by atoms with Gasteiger partial charge in [-0.15, -0.1) is 0 Å². The van der Waals surface area contributed by atoms with E-state index in [0.717, 1.165) is 0 Å². The maximum Gasteiger partial charge on any atom is 0.263 e. The van der Waals surface area contributed by atoms with Crippen molar-refractivity contribution in [3.05, 3.63) is 40.3 Å². The van der Waals surface area contributed by atoms with Gasteiger partial charge in [-0.05, 0) is 53.0 Å². The van der Waals surface area contributed by atoms with E-state index >= 15 is 0 Å². The summed E-state index contributed by atoms with van der Waals surface area (Å²) in [6.45, 7) is 3.44. The molecule has 6 nitrogen and oxygen atoms in total. The van der Waals surface area contributed by atoms with E-state index in [1.165, 1.54) is 19.5 Å². The number of anilines is 1. The summed E-state index contributed by atoms with van der Waals surface area (Å²) in [4.78, 5) is 8.11. The monoisotopic (exact) mass is 371 g/mol. The maximum absolute atomic E-state index is 12.5. The van der Waals surface area contributed by atoms with Gasteiger partial charge in [0.1, 0.15) is 10.4 Å². The first-order chi connectivity index (χ1) is 9.83. The molecule has 0 saturated carbocycles. The SMILES string of the molecule is COc1cc(C)c(S(=O)(=O)Nc2cnc(Br)cn2)c(C)c1. The van der Waals surface area contributed by atoms with Crippen molar-refractivity contribution in [2.45, 2.75) is 18.7 Å². The summed E-state index contributed by atoms with van der Waals surface area (Å²) in [7, 11) is -2.20. The molecule has 1 aromatic carbocycles. The van der Waals surface area contributed by atoms with Gasteiger partial charge >= 0.3 is 0 Å². The third kappa shape index (κ3) is 3.51. The van der Waals surface area contributed by atoms with Crippen LogP contribution in [0.25, 0.3) is 0 Å². The number of aryl methyl sites for hydroxylation is 2. The van der Waals surface area contributed by atoms with E-state index < -0.39 is 10.0 Å². The van der Waals surface area contributed by atoms with E-state index in [-0.39, 0.29) is 10.7 Å². The molecule has 1 N–H and O–H groups in total. The minimum Gasteiger partial charge on any atom is -0.497 e. The highest BCUT2D eigenvalue weighted by Crippen LogP contribution is 2.27. The van der Waals surface area contributed by atoms with Crippen LogP contribution in [0.4, 0.5) is 5.82 Å². The third-order valence-corrected chi connectivity index (χ3v) is 4.87. The van der Waals surface area contributed by atoms with Crippen molar-refractivity contribution in [3.8, 4) is 5.75 Å². The van der Waals surface area contributed by atoms with Crippen LogP contribution in [0, 0.1) is 13.8 Å². The highest BCUT2D eigenvalue weighted by Gasteiger charge is 2.21. The number of methoxy groups -OCH3 is 1. The number of nitrogens with zero attached hydrogens (tertiary/aromatic N) is 2. The summed E-state index contributed by atoms with van der Waals surface area (Å²) in [6, 6.07) is 3.35. The topological polar surface area (TPSA) is 81.2 Å². The molecule has 8 heteroatoms. The fourth-order valence-corrected chi connectivity index (χ4v) is 3.66. The van der Waals surface area contributed by atoms with E-state index in [9.17, 15) is 8.42 Å². The van der Waals surface area contributed by atoms with Gasteiger partial charge in [0.25, 0.3) is 10.0 Å². The van der Waals surface area contributed by atoms with Crippen LogP contribution in [0.1, 0.15) is 11.1 Å². The van der Waals surface area contributed by atoms with Crippen molar-refractivity contribution in [2.24, 2.45) is 0 Å². The second-order valence-corrected chi connectivity index (χ2v) is 6.85. The number of halogens is 1. The van der Waals surface area contributed by atoms with Gasteiger partial charge in [0, 0.05) is 0 Å². The number of ether oxygens (including phenoxy) is 1. The molecule has 21 heavy (non-hydrogen) atoms. The van der Waals surface area contributed by atoms with Gasteiger partial charge in [0.05, 0.1) is 24.4 Å². The van der Waals surface area contributed by atoms with E-state index in [4.69, 9.17) is 4.74 Å². The van der Waals surface area contributed by atoms with Crippen molar-refractivity contribution in [2.75, 3.05) is 11.8 Å². The molecule has 0 fully saturated rings. The second-order valence-electron chi connectivity index (χ2n) is 4.42. The lowest BCUT2D eigenvalue weighted by molar-refractivity contribution is 0.413. The van der Waals surface area contributed by atoms with Crippen LogP contribution in [0.3, 0.4) is 0 Å². The number of benzene rings is 1. The summed E-state index contributed by atoms with van der Waals surface area (Å²) < 4.78 is 33.1. The molecule has 0 aliphatic heterocycles. The maximum atomic E-state index is 12.5. The molecule has 1 heterocycles. The predicted molar refractivity (Wildman–Crippen MR) is 83.0 cm³/mol. The zero-order valence-corrected chi connectivity index (χ0v) is 14.1. The number of aromatic nitrogens is 2. The molecule has 0 bridgehead atoms. The molecule has 0 amide bonds. The van der Waals surface area contributed by atoms with Crippen LogP contribution in [-0.4, -0.2) is 25.5 Å². The van der Waals surface area contributed by atoms with Crippen LogP contribution in [0.5, 0.6) is 5.75 Å². The minimum atomic E-state index is -3.74. The van der Waals surface area contributed by atoms with Gasteiger partial charge in [-0.25, -0.2) is 18.4 Å². The fourth-order valence-electron chi connectivity index (χ4n) is 2.01. The Labute approximate surface area is 131 Å². The van der Waals surface area contributed by atoms with E-state index in [1.807, 2.05) is 0 Å². The molecule has 0 aliphatic carbocycles. The summed E-state index contributed by atoms with van der Waals surface area (Å²) in [5, 5.41) is 0. The van der Waals surface area contributed by atoms with Crippen LogP contribution in [0.2, 0.25) is 0 Å². The first-order valence-electron chi connectivity index (χ1n) is 5.99. The summed E-state index contributed by atoms with van der Waals surface area (Å²) in [5.41, 5.74) is 1.20. The molecular weight excluding hydrogens is 358 g/mol. The lowest BCUT2D eigenvalue weighted by atomic mass is 10.1. The van der Waals surface area contributed by atoms with Gasteiger partial charge in [-0.1, -0.05) is 0 Å². The molecule has 0 radical (unpaired) electrons. The van der Waals surface area contributed by atoms with Crippen LogP contribution in [-0.2, 0) is 10.0 Å². The van der Waals surface area contributed by atoms with Gasteiger partial charge in [0.2, 0.25) is 0 Å². The molecule has 1 aromatic heterocycles. The van der Waals surface area contributed by atoms with Crippen molar-refractivity contribution >= 4 is 31.8 Å². The van der Waals surface area contributed by atoms with Gasteiger partial charge in [-0.2, -0.15) is 0 Å². The Morgan fingerprint density at radius 3 is 2.24 bits per heavy atom. The molecule has 0 unspecified atom stereocenters. The molecule has 0 aliphatic rings. The van der Waals surface area contributed by atoms with Gasteiger partial charge in [0.15, 0.2) is 5.82 Å². The van der Waals surface area contributed by atoms with Crippen molar-refractivity contribution in [1.82, 2.24) is 9.97 Å². The highest BCUT2D eigenvalue weighted by atomic mass is 79.9. The zero-order chi connectivity index (χ0) is 15.6. The number of sulfonamides is 1. The smallest absolute Gasteiger partial charge is 0.263 e. The lowest BCUT2D eigenvalue weighted by Crippen LogP contribution is -2.16. The third-order valence-electron chi connectivity index (χ3n) is 2.80. The first kappa shape index (κ1) is 15.7. The molecule has 0 spiro atoms. The minimum absolute atomic E-state index is 0.160. The summed E-state index contributed by atoms with van der Waals surface area (Å²) >= 11 is 3.14. The second kappa shape index (κ2) is 5.98. The van der Waals surface area contributed by atoms with Crippen LogP contribution in [0.15, 0.2) is 34.0 Å². The van der Waals surface area contributed by atoms with Crippen molar-refractivity contribution < 1.29 is 13.2 Å². The highest BCUT2D eigenvalue weighted by molar-refractivity contribution is 9.10. The number of hydrogen-bond acceptors (Lipinski definition) is 5. The molecule has 0 atom stereocenters. The lowest BCUT2D eigenvalue weighted by Gasteiger charge is -2.13. The molecule has 112 valence electrons.